The average Bonchev–Trinajstić information content (AvgIpc) is 2.33. The summed E-state index contributed by atoms with van der Waals surface area (Å²) in [5.74, 6) is 0.0406. The number of nitrogens with one attached hydrogen (secondary N) is 2. The Morgan fingerprint density at radius 3 is 2.14 bits per heavy atom. The first kappa shape index (κ1) is 19.4. The molecule has 21 heavy (non-hydrogen) atoms. The number of hydrogen-bond acceptors (Lipinski definition) is 3. The zero-order valence-electron chi connectivity index (χ0n) is 14.1. The van der Waals surface area contributed by atoms with Crippen molar-refractivity contribution in [3.8, 4) is 6.07 Å². The lowest BCUT2D eigenvalue weighted by Gasteiger charge is -2.26. The van der Waals surface area contributed by atoms with E-state index in [4.69, 9.17) is 5.26 Å². The molecule has 0 aromatic carbocycles. The van der Waals surface area contributed by atoms with Gasteiger partial charge in [-0.1, -0.05) is 34.6 Å². The molecular formula is C16H29N3O2. The summed E-state index contributed by atoms with van der Waals surface area (Å²) < 4.78 is 0. The van der Waals surface area contributed by atoms with Gasteiger partial charge < -0.3 is 10.6 Å². The van der Waals surface area contributed by atoms with E-state index in [2.05, 4.69) is 24.5 Å². The molecule has 0 fully saturated rings. The van der Waals surface area contributed by atoms with E-state index in [0.29, 0.717) is 18.8 Å². The van der Waals surface area contributed by atoms with E-state index < -0.39 is 12.1 Å². The monoisotopic (exact) mass is 295 g/mol. The molecule has 2 unspecified atom stereocenters. The largest absolute Gasteiger partial charge is 0.344 e. The van der Waals surface area contributed by atoms with E-state index in [-0.39, 0.29) is 17.2 Å². The minimum Gasteiger partial charge on any atom is -0.344 e. The minimum atomic E-state index is -0.597. The van der Waals surface area contributed by atoms with Gasteiger partial charge in [0.1, 0.15) is 12.1 Å². The van der Waals surface area contributed by atoms with E-state index in [1.165, 1.54) is 0 Å². The third kappa shape index (κ3) is 9.89. The van der Waals surface area contributed by atoms with E-state index in [1.807, 2.05) is 26.8 Å². The molecule has 0 aromatic heterocycles. The van der Waals surface area contributed by atoms with E-state index in [1.54, 1.807) is 6.92 Å². The van der Waals surface area contributed by atoms with Crippen LogP contribution in [-0.2, 0) is 9.59 Å². The van der Waals surface area contributed by atoms with Gasteiger partial charge in [-0.2, -0.15) is 5.26 Å². The van der Waals surface area contributed by atoms with Gasteiger partial charge in [-0.25, -0.2) is 0 Å². The summed E-state index contributed by atoms with van der Waals surface area (Å²) in [5, 5.41) is 14.2. The molecule has 0 bridgehead atoms. The summed E-state index contributed by atoms with van der Waals surface area (Å²) in [6, 6.07) is 0.803. The molecule has 0 aliphatic heterocycles. The van der Waals surface area contributed by atoms with Gasteiger partial charge in [0.05, 0.1) is 6.07 Å². The van der Waals surface area contributed by atoms with Gasteiger partial charge in [0.25, 0.3) is 0 Å². The SMILES string of the molecule is CC(C)CCC(=O)NC(CC(C)(C)C)C(=O)NC(C)C#N. The molecule has 2 amide bonds. The topological polar surface area (TPSA) is 82.0 Å². The molecule has 0 rings (SSSR count). The Morgan fingerprint density at radius 1 is 1.14 bits per heavy atom. The number of rotatable bonds is 7. The van der Waals surface area contributed by atoms with Crippen molar-refractivity contribution in [3.05, 3.63) is 0 Å². The standard InChI is InChI=1S/C16H29N3O2/c1-11(2)7-8-14(20)19-13(9-16(4,5)6)15(21)18-12(3)10-17/h11-13H,7-9H2,1-6H3,(H,18,21)(H,19,20). The molecule has 2 N–H and O–H groups in total. The van der Waals surface area contributed by atoms with Crippen molar-refractivity contribution < 1.29 is 9.59 Å². The zero-order valence-corrected chi connectivity index (χ0v) is 14.1. The Morgan fingerprint density at radius 2 is 1.71 bits per heavy atom. The normalized spacial score (nSPS) is 14.2. The number of hydrogen-bond donors (Lipinski definition) is 2. The highest BCUT2D eigenvalue weighted by atomic mass is 16.2. The second-order valence-electron chi connectivity index (χ2n) is 7.18. The molecule has 120 valence electrons. The van der Waals surface area contributed by atoms with Gasteiger partial charge in [-0.3, -0.25) is 9.59 Å². The van der Waals surface area contributed by atoms with Crippen molar-refractivity contribution in [2.45, 2.75) is 72.9 Å². The molecule has 5 heteroatoms. The fourth-order valence-corrected chi connectivity index (χ4v) is 1.85. The van der Waals surface area contributed by atoms with Crippen LogP contribution in [0.3, 0.4) is 0 Å². The van der Waals surface area contributed by atoms with Crippen LogP contribution < -0.4 is 10.6 Å². The van der Waals surface area contributed by atoms with Gasteiger partial charge in [0.2, 0.25) is 11.8 Å². The first-order valence-corrected chi connectivity index (χ1v) is 7.54. The molecule has 0 spiro atoms. The van der Waals surface area contributed by atoms with Crippen LogP contribution in [0.5, 0.6) is 0 Å². The summed E-state index contributed by atoms with van der Waals surface area (Å²) in [6.45, 7) is 11.8. The molecule has 5 nitrogen and oxygen atoms in total. The highest BCUT2D eigenvalue weighted by Crippen LogP contribution is 2.21. The summed E-state index contributed by atoms with van der Waals surface area (Å²) in [7, 11) is 0. The van der Waals surface area contributed by atoms with Crippen LogP contribution in [0.2, 0.25) is 0 Å². The first-order valence-electron chi connectivity index (χ1n) is 7.54. The number of carbonyl (C=O) groups excluding carboxylic acids is 2. The molecule has 0 radical (unpaired) electrons. The van der Waals surface area contributed by atoms with Gasteiger partial charge in [-0.15, -0.1) is 0 Å². The smallest absolute Gasteiger partial charge is 0.243 e. The maximum atomic E-state index is 12.2. The van der Waals surface area contributed by atoms with E-state index in [0.717, 1.165) is 6.42 Å². The summed E-state index contributed by atoms with van der Waals surface area (Å²) >= 11 is 0. The molecule has 0 saturated carbocycles. The lowest BCUT2D eigenvalue weighted by molar-refractivity contribution is -0.130. The Hall–Kier alpha value is -1.57. The Balaban J connectivity index is 4.71. The molecule has 2 atom stereocenters. The van der Waals surface area contributed by atoms with Crippen LogP contribution in [0.25, 0.3) is 0 Å². The Bertz CT molecular complexity index is 391. The van der Waals surface area contributed by atoms with Crippen molar-refractivity contribution in [3.63, 3.8) is 0 Å². The highest BCUT2D eigenvalue weighted by Gasteiger charge is 2.27. The van der Waals surface area contributed by atoms with Gasteiger partial charge in [-0.05, 0) is 31.1 Å². The van der Waals surface area contributed by atoms with Gasteiger partial charge in [0.15, 0.2) is 0 Å². The van der Waals surface area contributed by atoms with Crippen molar-refractivity contribution in [1.29, 1.82) is 5.26 Å². The maximum absolute atomic E-state index is 12.2. The van der Waals surface area contributed by atoms with Crippen LogP contribution in [0, 0.1) is 22.7 Å². The number of carbonyl (C=O) groups is 2. The quantitative estimate of drug-likeness (QED) is 0.756. The van der Waals surface area contributed by atoms with E-state index in [9.17, 15) is 9.59 Å². The van der Waals surface area contributed by atoms with E-state index >= 15 is 0 Å². The molecular weight excluding hydrogens is 266 g/mol. The number of nitriles is 1. The van der Waals surface area contributed by atoms with Crippen LogP contribution in [-0.4, -0.2) is 23.9 Å². The zero-order chi connectivity index (χ0) is 16.6. The van der Waals surface area contributed by atoms with Gasteiger partial charge in [0, 0.05) is 6.42 Å². The third-order valence-corrected chi connectivity index (χ3v) is 2.97. The highest BCUT2D eigenvalue weighted by molar-refractivity contribution is 5.87. The predicted octanol–water partition coefficient (Wildman–Crippen LogP) is 2.37. The second-order valence-corrected chi connectivity index (χ2v) is 7.18. The molecule has 0 saturated heterocycles. The summed E-state index contributed by atoms with van der Waals surface area (Å²) in [4.78, 5) is 24.1. The lowest BCUT2D eigenvalue weighted by Crippen LogP contribution is -2.50. The molecule has 0 aromatic rings. The first-order chi connectivity index (χ1) is 9.55. The fourth-order valence-electron chi connectivity index (χ4n) is 1.85. The Kier molecular flexibility index (Phi) is 8.01. The summed E-state index contributed by atoms with van der Waals surface area (Å²) in [5.41, 5.74) is -0.0940. The van der Waals surface area contributed by atoms with Crippen LogP contribution in [0.4, 0.5) is 0 Å². The fraction of sp³-hybridized carbons (Fsp3) is 0.812. The van der Waals surface area contributed by atoms with Crippen LogP contribution >= 0.6 is 0 Å². The third-order valence-electron chi connectivity index (χ3n) is 2.97. The molecule has 0 aliphatic rings. The van der Waals surface area contributed by atoms with Crippen LogP contribution in [0.1, 0.15) is 60.8 Å². The lowest BCUT2D eigenvalue weighted by atomic mass is 9.87. The predicted molar refractivity (Wildman–Crippen MR) is 83.3 cm³/mol. The minimum absolute atomic E-state index is 0.0940. The van der Waals surface area contributed by atoms with Crippen molar-refractivity contribution in [1.82, 2.24) is 10.6 Å². The van der Waals surface area contributed by atoms with Gasteiger partial charge >= 0.3 is 0 Å². The van der Waals surface area contributed by atoms with Crippen molar-refractivity contribution >= 4 is 11.8 Å². The van der Waals surface area contributed by atoms with Crippen LogP contribution in [0.15, 0.2) is 0 Å². The maximum Gasteiger partial charge on any atom is 0.243 e. The average molecular weight is 295 g/mol. The van der Waals surface area contributed by atoms with Crippen molar-refractivity contribution in [2.75, 3.05) is 0 Å². The summed E-state index contributed by atoms with van der Waals surface area (Å²) in [6.07, 6.45) is 1.74. The second kappa shape index (κ2) is 8.66. The number of amides is 2. The molecule has 0 heterocycles. The molecule has 0 aliphatic carbocycles. The number of nitrogens with zero attached hydrogens (tertiary/aromatic N) is 1. The Labute approximate surface area is 128 Å². The van der Waals surface area contributed by atoms with Crippen molar-refractivity contribution in [2.24, 2.45) is 11.3 Å².